The van der Waals surface area contributed by atoms with Crippen LogP contribution in [0.2, 0.25) is 0 Å². The fourth-order valence-electron chi connectivity index (χ4n) is 2.88. The van der Waals surface area contributed by atoms with Crippen LogP contribution in [0.4, 0.5) is 8.78 Å². The maximum absolute atomic E-state index is 13.7. The average Bonchev–Trinajstić information content (AvgIpc) is 2.83. The highest BCUT2D eigenvalue weighted by atomic mass is 19.1. The summed E-state index contributed by atoms with van der Waals surface area (Å²) in [5.74, 6) is -0.947. The van der Waals surface area contributed by atoms with Crippen LogP contribution < -0.4 is 5.32 Å². The van der Waals surface area contributed by atoms with Crippen molar-refractivity contribution in [2.45, 2.75) is 38.8 Å². The van der Waals surface area contributed by atoms with Crippen LogP contribution in [0.25, 0.3) is 0 Å². The van der Waals surface area contributed by atoms with Crippen molar-refractivity contribution in [1.29, 1.82) is 0 Å². The molecular formula is C15H22F2N2. The zero-order valence-corrected chi connectivity index (χ0v) is 11.6. The molecule has 0 saturated carbocycles. The van der Waals surface area contributed by atoms with Crippen LogP contribution in [0.5, 0.6) is 0 Å². The molecule has 19 heavy (non-hydrogen) atoms. The molecule has 1 saturated heterocycles. The first kappa shape index (κ1) is 14.4. The van der Waals surface area contributed by atoms with Gasteiger partial charge in [0.15, 0.2) is 0 Å². The second-order valence-electron chi connectivity index (χ2n) is 5.19. The van der Waals surface area contributed by atoms with Crippen LogP contribution in [0, 0.1) is 11.6 Å². The van der Waals surface area contributed by atoms with Gasteiger partial charge in [-0.05, 0) is 45.0 Å². The molecule has 0 radical (unpaired) electrons. The molecule has 1 fully saturated rings. The Hall–Kier alpha value is -1.00. The van der Waals surface area contributed by atoms with Crippen LogP contribution in [-0.2, 0) is 0 Å². The molecule has 1 aromatic rings. The third-order valence-corrected chi connectivity index (χ3v) is 4.00. The van der Waals surface area contributed by atoms with E-state index in [2.05, 4.69) is 17.1 Å². The molecule has 106 valence electrons. The summed E-state index contributed by atoms with van der Waals surface area (Å²) in [7, 11) is 0. The molecule has 0 aromatic heterocycles. The Morgan fingerprint density at radius 1 is 1.37 bits per heavy atom. The summed E-state index contributed by atoms with van der Waals surface area (Å²) in [5, 5.41) is 3.27. The van der Waals surface area contributed by atoms with Crippen LogP contribution in [0.1, 0.15) is 38.3 Å². The number of halogens is 2. The van der Waals surface area contributed by atoms with Crippen LogP contribution in [0.3, 0.4) is 0 Å². The number of nitrogens with one attached hydrogen (secondary N) is 1. The highest BCUT2D eigenvalue weighted by Gasteiger charge is 2.24. The van der Waals surface area contributed by atoms with Gasteiger partial charge in [-0.2, -0.15) is 0 Å². The van der Waals surface area contributed by atoms with Gasteiger partial charge in [-0.1, -0.05) is 13.0 Å². The molecule has 2 unspecified atom stereocenters. The van der Waals surface area contributed by atoms with E-state index in [9.17, 15) is 8.78 Å². The van der Waals surface area contributed by atoms with Gasteiger partial charge in [-0.3, -0.25) is 4.90 Å². The molecule has 1 heterocycles. The molecule has 1 N–H and O–H groups in total. The Bertz CT molecular complexity index is 402. The molecular weight excluding hydrogens is 246 g/mol. The van der Waals surface area contributed by atoms with Crippen molar-refractivity contribution in [1.82, 2.24) is 10.2 Å². The Morgan fingerprint density at radius 2 is 2.05 bits per heavy atom. The van der Waals surface area contributed by atoms with Gasteiger partial charge >= 0.3 is 0 Å². The standard InChI is InChI=1S/C15H22F2N2/c1-3-19-9-5-6-12(19)10-18-11(2)15-13(16)7-4-8-14(15)17/h4,7-8,11-12,18H,3,5-6,9-10H2,1-2H3. The fourth-order valence-corrected chi connectivity index (χ4v) is 2.88. The zero-order valence-electron chi connectivity index (χ0n) is 11.6. The molecule has 0 amide bonds. The Balaban J connectivity index is 1.96. The van der Waals surface area contributed by atoms with Crippen molar-refractivity contribution in [3.05, 3.63) is 35.4 Å². The Labute approximate surface area is 113 Å². The molecule has 2 nitrogen and oxygen atoms in total. The van der Waals surface area contributed by atoms with Crippen molar-refractivity contribution in [3.63, 3.8) is 0 Å². The van der Waals surface area contributed by atoms with E-state index in [0.717, 1.165) is 26.1 Å². The number of likely N-dealkylation sites (N-methyl/N-ethyl adjacent to an activating group) is 1. The van der Waals surface area contributed by atoms with Crippen LogP contribution >= 0.6 is 0 Å². The van der Waals surface area contributed by atoms with E-state index >= 15 is 0 Å². The Kier molecular flexibility index (Phi) is 4.88. The first-order valence-corrected chi connectivity index (χ1v) is 7.04. The van der Waals surface area contributed by atoms with Gasteiger partial charge in [0.1, 0.15) is 11.6 Å². The van der Waals surface area contributed by atoms with E-state index < -0.39 is 11.6 Å². The van der Waals surface area contributed by atoms with Gasteiger partial charge < -0.3 is 5.32 Å². The molecule has 0 aliphatic carbocycles. The summed E-state index contributed by atoms with van der Waals surface area (Å²) >= 11 is 0. The second-order valence-corrected chi connectivity index (χ2v) is 5.19. The van der Waals surface area contributed by atoms with Crippen molar-refractivity contribution < 1.29 is 8.78 Å². The second kappa shape index (κ2) is 6.44. The normalized spacial score (nSPS) is 21.8. The van der Waals surface area contributed by atoms with Crippen molar-refractivity contribution in [2.24, 2.45) is 0 Å². The summed E-state index contributed by atoms with van der Waals surface area (Å²) in [4.78, 5) is 2.41. The first-order chi connectivity index (χ1) is 9.13. The molecule has 1 aromatic carbocycles. The number of likely N-dealkylation sites (tertiary alicyclic amines) is 1. The average molecular weight is 268 g/mol. The summed E-state index contributed by atoms with van der Waals surface area (Å²) in [5.41, 5.74) is 0.142. The molecule has 2 atom stereocenters. The summed E-state index contributed by atoms with van der Waals surface area (Å²) in [6.45, 7) is 6.91. The van der Waals surface area contributed by atoms with Gasteiger partial charge in [0.25, 0.3) is 0 Å². The molecule has 1 aliphatic rings. The van der Waals surface area contributed by atoms with Gasteiger partial charge in [0, 0.05) is 24.2 Å². The molecule has 2 rings (SSSR count). The highest BCUT2D eigenvalue weighted by Crippen LogP contribution is 2.21. The van der Waals surface area contributed by atoms with Crippen molar-refractivity contribution in [2.75, 3.05) is 19.6 Å². The summed E-state index contributed by atoms with van der Waals surface area (Å²) in [6.07, 6.45) is 2.37. The molecule has 0 bridgehead atoms. The largest absolute Gasteiger partial charge is 0.308 e. The number of benzene rings is 1. The fraction of sp³-hybridized carbons (Fsp3) is 0.600. The quantitative estimate of drug-likeness (QED) is 0.882. The number of hydrogen-bond acceptors (Lipinski definition) is 2. The zero-order chi connectivity index (χ0) is 13.8. The maximum atomic E-state index is 13.7. The third-order valence-electron chi connectivity index (χ3n) is 4.00. The highest BCUT2D eigenvalue weighted by molar-refractivity contribution is 5.22. The first-order valence-electron chi connectivity index (χ1n) is 7.04. The minimum Gasteiger partial charge on any atom is -0.308 e. The lowest BCUT2D eigenvalue weighted by Gasteiger charge is -2.25. The van der Waals surface area contributed by atoms with Crippen LogP contribution in [0.15, 0.2) is 18.2 Å². The summed E-state index contributed by atoms with van der Waals surface area (Å²) in [6, 6.07) is 4.20. The lowest BCUT2D eigenvalue weighted by Crippen LogP contribution is -2.38. The smallest absolute Gasteiger partial charge is 0.130 e. The lowest BCUT2D eigenvalue weighted by atomic mass is 10.1. The minimum absolute atomic E-state index is 0.142. The van der Waals surface area contributed by atoms with Gasteiger partial charge in [0.05, 0.1) is 0 Å². The van der Waals surface area contributed by atoms with E-state index in [-0.39, 0.29) is 11.6 Å². The monoisotopic (exact) mass is 268 g/mol. The SMILES string of the molecule is CCN1CCCC1CNC(C)c1c(F)cccc1F. The van der Waals surface area contributed by atoms with Gasteiger partial charge in [-0.15, -0.1) is 0 Å². The van der Waals surface area contributed by atoms with Crippen molar-refractivity contribution >= 4 is 0 Å². The predicted octanol–water partition coefficient (Wildman–Crippen LogP) is 3.10. The van der Waals surface area contributed by atoms with Gasteiger partial charge in [-0.25, -0.2) is 8.78 Å². The van der Waals surface area contributed by atoms with E-state index in [4.69, 9.17) is 0 Å². The predicted molar refractivity (Wildman–Crippen MR) is 73.0 cm³/mol. The lowest BCUT2D eigenvalue weighted by molar-refractivity contribution is 0.254. The van der Waals surface area contributed by atoms with E-state index in [1.165, 1.54) is 24.6 Å². The maximum Gasteiger partial charge on any atom is 0.130 e. The number of hydrogen-bond donors (Lipinski definition) is 1. The van der Waals surface area contributed by atoms with E-state index in [1.54, 1.807) is 0 Å². The van der Waals surface area contributed by atoms with Crippen LogP contribution in [-0.4, -0.2) is 30.6 Å². The van der Waals surface area contributed by atoms with Crippen molar-refractivity contribution in [3.8, 4) is 0 Å². The van der Waals surface area contributed by atoms with Gasteiger partial charge in [0.2, 0.25) is 0 Å². The minimum atomic E-state index is -0.473. The summed E-state index contributed by atoms with van der Waals surface area (Å²) < 4.78 is 27.3. The van der Waals surface area contributed by atoms with E-state index in [0.29, 0.717) is 6.04 Å². The molecule has 1 aliphatic heterocycles. The number of nitrogens with zero attached hydrogens (tertiary/aromatic N) is 1. The Morgan fingerprint density at radius 3 is 2.68 bits per heavy atom. The third kappa shape index (κ3) is 3.31. The number of rotatable bonds is 5. The topological polar surface area (TPSA) is 15.3 Å². The molecule has 4 heteroatoms. The molecule has 0 spiro atoms. The van der Waals surface area contributed by atoms with E-state index in [1.807, 2.05) is 6.92 Å².